The van der Waals surface area contributed by atoms with Gasteiger partial charge in [-0.2, -0.15) is 0 Å². The minimum Gasteiger partial charge on any atom is -0.490 e. The third-order valence-electron chi connectivity index (χ3n) is 4.62. The molecule has 6 heteroatoms. The van der Waals surface area contributed by atoms with Crippen LogP contribution < -0.4 is 10.1 Å². The molecule has 0 spiro atoms. The number of halogens is 1. The molecule has 0 bridgehead atoms. The zero-order valence-corrected chi connectivity index (χ0v) is 13.2. The number of aromatic nitrogens is 1. The highest BCUT2D eigenvalue weighted by Gasteiger charge is 2.55. The first-order valence-corrected chi connectivity index (χ1v) is 7.89. The van der Waals surface area contributed by atoms with E-state index in [9.17, 15) is 9.18 Å². The third kappa shape index (κ3) is 2.73. The topological polar surface area (TPSA) is 60.5 Å². The van der Waals surface area contributed by atoms with Crippen LogP contribution in [-0.2, 0) is 4.74 Å². The Labute approximate surface area is 138 Å². The standard InChI is InChI=1S/C18H17FN2O3/c1-23-18(22)16-7-12(24-17-13-8-20-9-14(13)17)6-15(21-16)10-2-4-11(19)5-3-10/h2-7,13-14,17,20H,8-9H2,1H3/t13-,14+,17-. The number of ether oxygens (including phenoxy) is 2. The maximum atomic E-state index is 13.1. The minimum absolute atomic E-state index is 0.179. The fourth-order valence-electron chi connectivity index (χ4n) is 3.24. The Kier molecular flexibility index (Phi) is 3.69. The maximum Gasteiger partial charge on any atom is 0.356 e. The fraction of sp³-hybridized carbons (Fsp3) is 0.333. The van der Waals surface area contributed by atoms with E-state index in [0.717, 1.165) is 13.1 Å². The zero-order valence-electron chi connectivity index (χ0n) is 13.2. The second-order valence-corrected chi connectivity index (χ2v) is 6.14. The maximum absolute atomic E-state index is 13.1. The molecule has 0 radical (unpaired) electrons. The second kappa shape index (κ2) is 5.87. The molecule has 2 heterocycles. The molecule has 124 valence electrons. The summed E-state index contributed by atoms with van der Waals surface area (Å²) in [5, 5.41) is 3.32. The number of benzene rings is 1. The highest BCUT2D eigenvalue weighted by Crippen LogP contribution is 2.44. The molecule has 1 N–H and O–H groups in total. The molecule has 0 unspecified atom stereocenters. The van der Waals surface area contributed by atoms with Crippen LogP contribution in [0.5, 0.6) is 5.75 Å². The molecule has 2 aromatic rings. The molecule has 4 rings (SSSR count). The summed E-state index contributed by atoms with van der Waals surface area (Å²) in [5.41, 5.74) is 1.44. The molecular formula is C18H17FN2O3. The molecule has 24 heavy (non-hydrogen) atoms. The van der Waals surface area contributed by atoms with Gasteiger partial charge in [0.2, 0.25) is 0 Å². The lowest BCUT2D eigenvalue weighted by Crippen LogP contribution is -2.20. The van der Waals surface area contributed by atoms with Crippen molar-refractivity contribution in [3.8, 4) is 17.0 Å². The number of piperidine rings is 1. The number of carbonyl (C=O) groups excluding carboxylic acids is 1. The van der Waals surface area contributed by atoms with E-state index in [2.05, 4.69) is 10.3 Å². The number of pyridine rings is 1. The van der Waals surface area contributed by atoms with Crippen molar-refractivity contribution in [1.82, 2.24) is 10.3 Å². The lowest BCUT2D eigenvalue weighted by atomic mass is 10.1. The number of rotatable bonds is 4. The summed E-state index contributed by atoms with van der Waals surface area (Å²) in [6, 6.07) is 9.34. The molecule has 1 aromatic heterocycles. The SMILES string of the molecule is COC(=O)c1cc(O[C@@H]2[C@@H]3CNC[C@@H]32)cc(-c2ccc(F)cc2)n1. The molecule has 1 aliphatic heterocycles. The predicted molar refractivity (Wildman–Crippen MR) is 85.2 cm³/mol. The van der Waals surface area contributed by atoms with Gasteiger partial charge in [-0.15, -0.1) is 0 Å². The molecule has 1 aromatic carbocycles. The third-order valence-corrected chi connectivity index (χ3v) is 4.62. The first kappa shape index (κ1) is 15.1. The van der Waals surface area contributed by atoms with Gasteiger partial charge in [-0.25, -0.2) is 14.2 Å². The van der Waals surface area contributed by atoms with Crippen LogP contribution >= 0.6 is 0 Å². The Balaban J connectivity index is 1.66. The van der Waals surface area contributed by atoms with E-state index in [1.807, 2.05) is 0 Å². The Morgan fingerprint density at radius 3 is 2.58 bits per heavy atom. The highest BCUT2D eigenvalue weighted by atomic mass is 19.1. The summed E-state index contributed by atoms with van der Waals surface area (Å²) in [5.74, 6) is 0.811. The van der Waals surface area contributed by atoms with Crippen molar-refractivity contribution in [2.75, 3.05) is 20.2 Å². The number of esters is 1. The smallest absolute Gasteiger partial charge is 0.356 e. The van der Waals surface area contributed by atoms with E-state index >= 15 is 0 Å². The largest absolute Gasteiger partial charge is 0.490 e. The van der Waals surface area contributed by atoms with Crippen molar-refractivity contribution in [2.45, 2.75) is 6.10 Å². The van der Waals surface area contributed by atoms with Crippen LogP contribution in [0.3, 0.4) is 0 Å². The van der Waals surface area contributed by atoms with Crippen molar-refractivity contribution in [3.63, 3.8) is 0 Å². The fourth-order valence-corrected chi connectivity index (χ4v) is 3.24. The highest BCUT2D eigenvalue weighted by molar-refractivity contribution is 5.88. The van der Waals surface area contributed by atoms with Gasteiger partial charge in [0.15, 0.2) is 5.69 Å². The van der Waals surface area contributed by atoms with Gasteiger partial charge < -0.3 is 14.8 Å². The van der Waals surface area contributed by atoms with Crippen LogP contribution in [0.15, 0.2) is 36.4 Å². The Bertz CT molecular complexity index is 768. The van der Waals surface area contributed by atoms with Crippen molar-refractivity contribution >= 4 is 5.97 Å². The molecule has 1 aliphatic carbocycles. The predicted octanol–water partition coefficient (Wildman–Crippen LogP) is 2.27. The number of fused-ring (bicyclic) bond motifs is 1. The summed E-state index contributed by atoms with van der Waals surface area (Å²) in [6.07, 6.45) is 0.181. The molecule has 3 atom stereocenters. The van der Waals surface area contributed by atoms with E-state index < -0.39 is 5.97 Å². The van der Waals surface area contributed by atoms with E-state index in [4.69, 9.17) is 9.47 Å². The second-order valence-electron chi connectivity index (χ2n) is 6.14. The van der Waals surface area contributed by atoms with E-state index in [0.29, 0.717) is 28.8 Å². The van der Waals surface area contributed by atoms with Gasteiger partial charge in [0.05, 0.1) is 12.8 Å². The van der Waals surface area contributed by atoms with Gasteiger partial charge in [0.1, 0.15) is 17.7 Å². The Morgan fingerprint density at radius 2 is 1.92 bits per heavy atom. The number of carbonyl (C=O) groups is 1. The first-order valence-electron chi connectivity index (χ1n) is 7.89. The molecule has 5 nitrogen and oxygen atoms in total. The Morgan fingerprint density at radius 1 is 1.21 bits per heavy atom. The van der Waals surface area contributed by atoms with Crippen LogP contribution in [0.1, 0.15) is 10.5 Å². The number of nitrogens with zero attached hydrogens (tertiary/aromatic N) is 1. The van der Waals surface area contributed by atoms with E-state index in [1.54, 1.807) is 24.3 Å². The van der Waals surface area contributed by atoms with Gasteiger partial charge in [-0.3, -0.25) is 0 Å². The van der Waals surface area contributed by atoms with Crippen molar-refractivity contribution in [3.05, 3.63) is 47.9 Å². The number of methoxy groups -OCH3 is 1. The normalized spacial score (nSPS) is 24.3. The zero-order chi connectivity index (χ0) is 16.7. The number of hydrogen-bond acceptors (Lipinski definition) is 5. The van der Waals surface area contributed by atoms with Crippen LogP contribution in [0.2, 0.25) is 0 Å². The number of hydrogen-bond donors (Lipinski definition) is 1. The summed E-state index contributed by atoms with van der Waals surface area (Å²) in [6.45, 7) is 1.93. The van der Waals surface area contributed by atoms with Crippen LogP contribution in [-0.4, -0.2) is 37.3 Å². The van der Waals surface area contributed by atoms with Crippen LogP contribution in [0.4, 0.5) is 4.39 Å². The number of nitrogens with one attached hydrogen (secondary N) is 1. The van der Waals surface area contributed by atoms with Gasteiger partial charge in [0.25, 0.3) is 0 Å². The van der Waals surface area contributed by atoms with Crippen molar-refractivity contribution < 1.29 is 18.7 Å². The van der Waals surface area contributed by atoms with Crippen molar-refractivity contribution in [1.29, 1.82) is 0 Å². The lowest BCUT2D eigenvalue weighted by Gasteiger charge is -2.12. The minimum atomic E-state index is -0.526. The van der Waals surface area contributed by atoms with Gasteiger partial charge >= 0.3 is 5.97 Å². The van der Waals surface area contributed by atoms with Gasteiger partial charge in [-0.1, -0.05) is 0 Å². The van der Waals surface area contributed by atoms with Crippen LogP contribution in [0.25, 0.3) is 11.3 Å². The molecule has 2 fully saturated rings. The monoisotopic (exact) mass is 328 g/mol. The molecule has 2 aliphatic rings. The molecule has 1 saturated heterocycles. The summed E-state index contributed by atoms with van der Waals surface area (Å²) < 4.78 is 24.0. The van der Waals surface area contributed by atoms with Gasteiger partial charge in [0, 0.05) is 42.6 Å². The van der Waals surface area contributed by atoms with Gasteiger partial charge in [-0.05, 0) is 24.3 Å². The van der Waals surface area contributed by atoms with E-state index in [-0.39, 0.29) is 17.6 Å². The average Bonchev–Trinajstić information content (AvgIpc) is 3.03. The molecule has 0 amide bonds. The quantitative estimate of drug-likeness (QED) is 0.873. The summed E-state index contributed by atoms with van der Waals surface area (Å²) >= 11 is 0. The first-order chi connectivity index (χ1) is 11.7. The average molecular weight is 328 g/mol. The lowest BCUT2D eigenvalue weighted by molar-refractivity contribution is 0.0593. The molecule has 1 saturated carbocycles. The summed E-state index contributed by atoms with van der Waals surface area (Å²) in [7, 11) is 1.31. The van der Waals surface area contributed by atoms with Crippen molar-refractivity contribution in [2.24, 2.45) is 11.8 Å². The molecular weight excluding hydrogens is 311 g/mol. The van der Waals surface area contributed by atoms with Crippen LogP contribution in [0, 0.1) is 17.7 Å². The summed E-state index contributed by atoms with van der Waals surface area (Å²) in [4.78, 5) is 16.2. The Hall–Kier alpha value is -2.47. The van der Waals surface area contributed by atoms with E-state index in [1.165, 1.54) is 19.2 Å².